The van der Waals surface area contributed by atoms with Gasteiger partial charge in [-0.25, -0.2) is 4.57 Å². The molecule has 1 saturated heterocycles. The Hall–Kier alpha value is -1.96. The fourth-order valence-corrected chi connectivity index (χ4v) is 4.41. The highest BCUT2D eigenvalue weighted by Crippen LogP contribution is 2.46. The molecule has 1 fully saturated rings. The lowest BCUT2D eigenvalue weighted by Crippen LogP contribution is -2.47. The molecule has 1 aromatic carbocycles. The third kappa shape index (κ3) is 8.24. The van der Waals surface area contributed by atoms with Crippen molar-refractivity contribution in [2.45, 2.75) is 51.9 Å². The van der Waals surface area contributed by atoms with Gasteiger partial charge in [-0.1, -0.05) is 36.4 Å². The molecule has 1 aromatic rings. The van der Waals surface area contributed by atoms with Crippen LogP contribution in [-0.4, -0.2) is 48.6 Å². The zero-order chi connectivity index (χ0) is 22.9. The van der Waals surface area contributed by atoms with Gasteiger partial charge >= 0.3 is 13.7 Å². The van der Waals surface area contributed by atoms with Crippen molar-refractivity contribution in [1.82, 2.24) is 5.09 Å². The summed E-state index contributed by atoms with van der Waals surface area (Å²) >= 11 is 0. The normalized spacial score (nSPS) is 21.8. The molecule has 0 amide bonds. The smallest absolute Gasteiger partial charge is 0.459 e. The van der Waals surface area contributed by atoms with Gasteiger partial charge in [0.05, 0.1) is 12.7 Å². The fraction of sp³-hybridized carbons (Fsp3) is 0.500. The largest absolute Gasteiger partial charge is 0.460 e. The minimum absolute atomic E-state index is 0.0983. The van der Waals surface area contributed by atoms with E-state index in [0.29, 0.717) is 18.8 Å². The molecule has 8 nitrogen and oxygen atoms in total. The van der Waals surface area contributed by atoms with Crippen molar-refractivity contribution in [2.75, 3.05) is 19.8 Å². The first-order valence-corrected chi connectivity index (χ1v) is 11.7. The lowest BCUT2D eigenvalue weighted by Gasteiger charge is -2.30. The molecular formula is C22H32NO7P. The summed E-state index contributed by atoms with van der Waals surface area (Å²) in [6.07, 6.45) is 4.70. The third-order valence-electron chi connectivity index (χ3n) is 4.48. The molecule has 31 heavy (non-hydrogen) atoms. The van der Waals surface area contributed by atoms with Crippen LogP contribution in [0.5, 0.6) is 5.75 Å². The van der Waals surface area contributed by atoms with Crippen molar-refractivity contribution in [2.24, 2.45) is 0 Å². The van der Waals surface area contributed by atoms with Crippen LogP contribution in [0, 0.1) is 0 Å². The number of allylic oxidation sites excluding steroid dienone is 3. The highest BCUT2D eigenvalue weighted by atomic mass is 31.2. The monoisotopic (exact) mass is 453 g/mol. The molecule has 2 rings (SSSR count). The molecular weight excluding hydrogens is 421 g/mol. The van der Waals surface area contributed by atoms with Gasteiger partial charge in [-0.15, -0.1) is 0 Å². The first kappa shape index (κ1) is 25.3. The van der Waals surface area contributed by atoms with Crippen molar-refractivity contribution < 1.29 is 33.0 Å². The minimum Gasteiger partial charge on any atom is -0.460 e. The first-order chi connectivity index (χ1) is 14.6. The number of para-hydroxylation sites is 1. The number of aliphatic hydroxyl groups excluding tert-OH is 1. The predicted octanol–water partition coefficient (Wildman–Crippen LogP) is 3.77. The second-order valence-corrected chi connectivity index (χ2v) is 9.47. The van der Waals surface area contributed by atoms with Crippen LogP contribution >= 0.6 is 7.75 Å². The lowest BCUT2D eigenvalue weighted by molar-refractivity contribution is -0.148. The Kier molecular flexibility index (Phi) is 9.47. The Labute approximate surface area is 183 Å². The molecule has 1 aliphatic heterocycles. The Morgan fingerprint density at radius 3 is 2.68 bits per heavy atom. The van der Waals surface area contributed by atoms with Crippen LogP contribution in [0.15, 0.2) is 54.1 Å². The maximum absolute atomic E-state index is 13.5. The Morgan fingerprint density at radius 1 is 1.35 bits per heavy atom. The minimum atomic E-state index is -4.03. The van der Waals surface area contributed by atoms with Gasteiger partial charge in [0, 0.05) is 6.61 Å². The maximum atomic E-state index is 13.5. The van der Waals surface area contributed by atoms with Crippen molar-refractivity contribution in [1.29, 1.82) is 0 Å². The summed E-state index contributed by atoms with van der Waals surface area (Å²) in [6, 6.07) is 8.49. The molecule has 0 radical (unpaired) electrons. The summed E-state index contributed by atoms with van der Waals surface area (Å²) in [5.41, 5.74) is -0.519. The number of esters is 1. The average molecular weight is 453 g/mol. The number of aliphatic hydroxyl groups is 1. The summed E-state index contributed by atoms with van der Waals surface area (Å²) < 4.78 is 35.5. The fourth-order valence-electron chi connectivity index (χ4n) is 2.73. The molecule has 0 saturated carbocycles. The van der Waals surface area contributed by atoms with Crippen molar-refractivity contribution >= 4 is 13.7 Å². The SMILES string of the molecule is C/C=C\C=C(/C)COC(=O)C(C)(C)NP(=O)(OC[C@H]1OCC[C@H]1O)Oc1ccccc1. The van der Waals surface area contributed by atoms with Crippen molar-refractivity contribution in [3.8, 4) is 5.75 Å². The summed E-state index contributed by atoms with van der Waals surface area (Å²) in [5, 5.41) is 12.6. The zero-order valence-electron chi connectivity index (χ0n) is 18.4. The first-order valence-electron chi connectivity index (χ1n) is 10.2. The maximum Gasteiger partial charge on any atom is 0.459 e. The molecule has 172 valence electrons. The van der Waals surface area contributed by atoms with Crippen LogP contribution in [0.25, 0.3) is 0 Å². The van der Waals surface area contributed by atoms with Gasteiger partial charge in [0.25, 0.3) is 0 Å². The van der Waals surface area contributed by atoms with E-state index in [1.807, 2.05) is 32.1 Å². The number of nitrogens with one attached hydrogen (secondary N) is 1. The number of carbonyl (C=O) groups is 1. The van der Waals surface area contributed by atoms with Gasteiger partial charge in [-0.2, -0.15) is 5.09 Å². The van der Waals surface area contributed by atoms with E-state index < -0.39 is 31.5 Å². The summed E-state index contributed by atoms with van der Waals surface area (Å²) in [6.45, 7) is 7.13. The summed E-state index contributed by atoms with van der Waals surface area (Å²) in [5.74, 6) is -0.307. The number of carbonyl (C=O) groups excluding carboxylic acids is 1. The standard InChI is InChI=1S/C22H32NO7P/c1-5-6-10-17(2)15-28-21(25)22(3,4)23-31(26,30-18-11-8-7-9-12-18)29-16-20-19(24)13-14-27-20/h5-12,19-20,24H,13-16H2,1-4H3,(H,23,26)/b6-5-,17-10+/t19-,20-,31?/m1/s1. The summed E-state index contributed by atoms with van der Waals surface area (Å²) in [4.78, 5) is 12.7. The van der Waals surface area contributed by atoms with Crippen LogP contribution in [0.3, 0.4) is 0 Å². The molecule has 0 bridgehead atoms. The third-order valence-corrected chi connectivity index (χ3v) is 6.26. The second kappa shape index (κ2) is 11.6. The van der Waals surface area contributed by atoms with E-state index in [0.717, 1.165) is 5.57 Å². The van der Waals surface area contributed by atoms with Crippen LogP contribution in [0.4, 0.5) is 0 Å². The predicted molar refractivity (Wildman–Crippen MR) is 118 cm³/mol. The lowest BCUT2D eigenvalue weighted by atomic mass is 10.1. The number of hydrogen-bond donors (Lipinski definition) is 2. The number of ether oxygens (including phenoxy) is 2. The number of hydrogen-bond acceptors (Lipinski definition) is 7. The second-order valence-electron chi connectivity index (χ2n) is 7.81. The van der Waals surface area contributed by atoms with E-state index >= 15 is 0 Å². The van der Waals surface area contributed by atoms with Crippen LogP contribution < -0.4 is 9.61 Å². The topological polar surface area (TPSA) is 103 Å². The van der Waals surface area contributed by atoms with Gasteiger partial charge in [0.2, 0.25) is 0 Å². The number of benzene rings is 1. The zero-order valence-corrected chi connectivity index (χ0v) is 19.3. The highest BCUT2D eigenvalue weighted by Gasteiger charge is 2.41. The molecule has 0 aromatic heterocycles. The Morgan fingerprint density at radius 2 is 2.06 bits per heavy atom. The van der Waals surface area contributed by atoms with Gasteiger partial charge in [-0.3, -0.25) is 9.32 Å². The van der Waals surface area contributed by atoms with Crippen LogP contribution in [-0.2, 0) is 23.4 Å². The molecule has 1 heterocycles. The molecule has 0 aliphatic carbocycles. The molecule has 9 heteroatoms. The molecule has 1 unspecified atom stereocenters. The molecule has 3 atom stereocenters. The van der Waals surface area contributed by atoms with Crippen LogP contribution in [0.1, 0.15) is 34.1 Å². The van der Waals surface area contributed by atoms with Gasteiger partial charge < -0.3 is 19.1 Å². The molecule has 1 aliphatic rings. The van der Waals surface area contributed by atoms with E-state index in [4.69, 9.17) is 18.5 Å². The Bertz CT molecular complexity index is 822. The van der Waals surface area contributed by atoms with Gasteiger partial charge in [0.1, 0.15) is 24.0 Å². The van der Waals surface area contributed by atoms with Crippen molar-refractivity contribution in [3.63, 3.8) is 0 Å². The van der Waals surface area contributed by atoms with Crippen molar-refractivity contribution in [3.05, 3.63) is 54.1 Å². The van der Waals surface area contributed by atoms with Gasteiger partial charge in [-0.05, 0) is 51.8 Å². The highest BCUT2D eigenvalue weighted by molar-refractivity contribution is 7.52. The van der Waals surface area contributed by atoms with E-state index in [9.17, 15) is 14.5 Å². The van der Waals surface area contributed by atoms with E-state index in [1.165, 1.54) is 13.8 Å². The number of rotatable bonds is 11. The van der Waals surface area contributed by atoms with Gasteiger partial charge in [0.15, 0.2) is 0 Å². The van der Waals surface area contributed by atoms with Crippen LogP contribution in [0.2, 0.25) is 0 Å². The van der Waals surface area contributed by atoms with E-state index in [1.54, 1.807) is 30.3 Å². The summed E-state index contributed by atoms with van der Waals surface area (Å²) in [7, 11) is -4.03. The van der Waals surface area contributed by atoms with E-state index in [2.05, 4.69) is 5.09 Å². The van der Waals surface area contributed by atoms with E-state index in [-0.39, 0.29) is 13.2 Å². The Balaban J connectivity index is 2.10. The molecule has 2 N–H and O–H groups in total. The average Bonchev–Trinajstić information content (AvgIpc) is 3.14. The quantitative estimate of drug-likeness (QED) is 0.297. The molecule has 0 spiro atoms.